The van der Waals surface area contributed by atoms with Crippen LogP contribution in [0.2, 0.25) is 0 Å². The molecule has 4 aromatic heterocycles. The van der Waals surface area contributed by atoms with Crippen molar-refractivity contribution in [3.8, 4) is 22.8 Å². The molecule has 1 aliphatic rings. The third-order valence-electron chi connectivity index (χ3n) is 7.89. The Morgan fingerprint density at radius 1 is 1.07 bits per heavy atom. The van der Waals surface area contributed by atoms with Gasteiger partial charge in [0, 0.05) is 48.3 Å². The predicted molar refractivity (Wildman–Crippen MR) is 175 cm³/mol. The van der Waals surface area contributed by atoms with Gasteiger partial charge in [-0.05, 0) is 89.1 Å². The molecule has 0 spiro atoms. The Bertz CT molecular complexity index is 1780. The molecule has 0 atom stereocenters. The second-order valence-corrected chi connectivity index (χ2v) is 12.0. The fourth-order valence-electron chi connectivity index (χ4n) is 5.26. The van der Waals surface area contributed by atoms with Crippen LogP contribution in [0.4, 0.5) is 17.3 Å². The molecule has 44 heavy (non-hydrogen) atoms. The van der Waals surface area contributed by atoms with Gasteiger partial charge in [-0.1, -0.05) is 11.9 Å². The average Bonchev–Trinajstić information content (AvgIpc) is 3.58. The van der Waals surface area contributed by atoms with E-state index in [9.17, 15) is 4.79 Å². The summed E-state index contributed by atoms with van der Waals surface area (Å²) in [4.78, 5) is 38.9. The van der Waals surface area contributed by atoms with Crippen LogP contribution >= 0.6 is 11.9 Å². The summed E-state index contributed by atoms with van der Waals surface area (Å²) in [7, 11) is 4.16. The largest absolute Gasteiger partial charge is 0.440 e. The number of fused-ring (bicyclic) bond motifs is 1. The maximum absolute atomic E-state index is 14.1. The van der Waals surface area contributed by atoms with Crippen molar-refractivity contribution in [1.29, 1.82) is 0 Å². The lowest BCUT2D eigenvalue weighted by Gasteiger charge is -2.30. The van der Waals surface area contributed by atoms with E-state index in [4.69, 9.17) is 14.4 Å². The van der Waals surface area contributed by atoms with E-state index in [1.807, 2.05) is 32.4 Å². The normalized spacial score (nSPS) is 14.4. The van der Waals surface area contributed by atoms with Gasteiger partial charge in [0.1, 0.15) is 5.65 Å². The van der Waals surface area contributed by atoms with Crippen molar-refractivity contribution in [3.63, 3.8) is 0 Å². The van der Waals surface area contributed by atoms with Gasteiger partial charge >= 0.3 is 0 Å². The molecular weight excluding hydrogens is 576 g/mol. The molecule has 0 amide bonds. The minimum Gasteiger partial charge on any atom is -0.440 e. The van der Waals surface area contributed by atoms with Crippen LogP contribution in [0.15, 0.2) is 64.5 Å². The lowest BCUT2D eigenvalue weighted by Crippen LogP contribution is -2.36. The highest BCUT2D eigenvalue weighted by atomic mass is 32.2. The number of oxazole rings is 1. The van der Waals surface area contributed by atoms with Crippen LogP contribution in [-0.2, 0) is 6.54 Å². The molecule has 1 saturated heterocycles. The van der Waals surface area contributed by atoms with Crippen LogP contribution in [0, 0.1) is 6.92 Å². The first kappa shape index (κ1) is 29.7. The highest BCUT2D eigenvalue weighted by molar-refractivity contribution is 7.96. The first-order valence-corrected chi connectivity index (χ1v) is 15.8. The first-order valence-electron chi connectivity index (χ1n) is 14.6. The zero-order valence-electron chi connectivity index (χ0n) is 25.3. The maximum Gasteiger partial charge on any atom is 0.261 e. The van der Waals surface area contributed by atoms with Gasteiger partial charge in [-0.2, -0.15) is 4.98 Å². The lowest BCUT2D eigenvalue weighted by atomic mass is 10.1. The fraction of sp³-hybridized carbons (Fsp3) is 0.355. The van der Waals surface area contributed by atoms with Crippen LogP contribution in [-0.4, -0.2) is 84.7 Å². The SMILES string of the molecule is CSN(C)CCn1c(=O)c(-c2nc(-c3cnco3)ncc2C)cc2cnc(Nc3ccc(NC4CCN(C)CC4)cc3)nc21. The van der Waals surface area contributed by atoms with Crippen LogP contribution in [0.25, 0.3) is 33.9 Å². The summed E-state index contributed by atoms with van der Waals surface area (Å²) in [6, 6.07) is 10.5. The van der Waals surface area contributed by atoms with Crippen molar-refractivity contribution < 1.29 is 4.42 Å². The molecule has 1 fully saturated rings. The lowest BCUT2D eigenvalue weighted by molar-refractivity contribution is 0.264. The molecule has 1 aliphatic heterocycles. The van der Waals surface area contributed by atoms with Gasteiger partial charge in [0.25, 0.3) is 5.56 Å². The molecule has 0 bridgehead atoms. The number of likely N-dealkylation sites (N-methyl/N-ethyl adjacent to an activating group) is 1. The van der Waals surface area contributed by atoms with Crippen LogP contribution in [0.5, 0.6) is 0 Å². The van der Waals surface area contributed by atoms with Gasteiger partial charge in [-0.25, -0.2) is 19.9 Å². The van der Waals surface area contributed by atoms with Crippen molar-refractivity contribution in [1.82, 2.24) is 38.7 Å². The molecule has 0 aliphatic carbocycles. The zero-order valence-corrected chi connectivity index (χ0v) is 26.1. The van der Waals surface area contributed by atoms with Gasteiger partial charge in [0.2, 0.25) is 5.95 Å². The van der Waals surface area contributed by atoms with E-state index in [1.54, 1.807) is 41.2 Å². The number of piperidine rings is 1. The number of hydrogen-bond acceptors (Lipinski definition) is 12. The molecule has 6 rings (SSSR count). The second-order valence-electron chi connectivity index (χ2n) is 11.0. The number of pyridine rings is 1. The van der Waals surface area contributed by atoms with E-state index in [1.165, 1.54) is 6.39 Å². The molecule has 5 aromatic rings. The zero-order chi connectivity index (χ0) is 30.6. The summed E-state index contributed by atoms with van der Waals surface area (Å²) in [5.41, 5.74) is 4.06. The molecule has 0 saturated carbocycles. The fourth-order valence-corrected chi connectivity index (χ4v) is 5.52. The molecule has 5 heterocycles. The summed E-state index contributed by atoms with van der Waals surface area (Å²) in [6.07, 6.45) is 10.6. The second kappa shape index (κ2) is 13.1. The Kier molecular flexibility index (Phi) is 8.87. The van der Waals surface area contributed by atoms with Crippen LogP contribution < -0.4 is 16.2 Å². The topological polar surface area (TPSA) is 130 Å². The van der Waals surface area contributed by atoms with Gasteiger partial charge < -0.3 is 20.0 Å². The Morgan fingerprint density at radius 2 is 1.84 bits per heavy atom. The molecule has 0 radical (unpaired) electrons. The van der Waals surface area contributed by atoms with Crippen molar-refractivity contribution in [2.24, 2.45) is 0 Å². The smallest absolute Gasteiger partial charge is 0.261 e. The summed E-state index contributed by atoms with van der Waals surface area (Å²) in [6.45, 7) is 5.18. The highest BCUT2D eigenvalue weighted by Gasteiger charge is 2.19. The summed E-state index contributed by atoms with van der Waals surface area (Å²) < 4.78 is 9.18. The van der Waals surface area contributed by atoms with E-state index in [2.05, 4.69) is 54.0 Å². The van der Waals surface area contributed by atoms with Crippen molar-refractivity contribution >= 4 is 40.3 Å². The summed E-state index contributed by atoms with van der Waals surface area (Å²) in [5.74, 6) is 1.21. The van der Waals surface area contributed by atoms with E-state index < -0.39 is 0 Å². The molecule has 13 heteroatoms. The Labute approximate surface area is 260 Å². The monoisotopic (exact) mass is 612 g/mol. The number of nitrogens with zero attached hydrogens (tertiary/aromatic N) is 8. The van der Waals surface area contributed by atoms with E-state index in [-0.39, 0.29) is 5.56 Å². The van der Waals surface area contributed by atoms with Crippen molar-refractivity contribution in [2.45, 2.75) is 32.4 Å². The van der Waals surface area contributed by atoms with Gasteiger partial charge in [-0.3, -0.25) is 13.7 Å². The molecule has 1 aromatic carbocycles. The van der Waals surface area contributed by atoms with E-state index >= 15 is 0 Å². The number of nitrogens with one attached hydrogen (secondary N) is 2. The number of benzene rings is 1. The number of likely N-dealkylation sites (tertiary alicyclic amines) is 1. The van der Waals surface area contributed by atoms with E-state index in [0.29, 0.717) is 53.6 Å². The molecule has 12 nitrogen and oxygen atoms in total. The number of aryl methyl sites for hydroxylation is 1. The minimum atomic E-state index is -0.189. The van der Waals surface area contributed by atoms with Gasteiger partial charge in [0.05, 0.1) is 17.5 Å². The Hall–Kier alpha value is -4.33. The first-order chi connectivity index (χ1) is 21.4. The molecule has 0 unspecified atom stereocenters. The number of hydrogen-bond donors (Lipinski definition) is 2. The molecule has 2 N–H and O–H groups in total. The molecular formula is C31H36N10O2S. The Balaban J connectivity index is 1.31. The number of anilines is 3. The van der Waals surface area contributed by atoms with Gasteiger partial charge in [-0.15, -0.1) is 0 Å². The summed E-state index contributed by atoms with van der Waals surface area (Å²) in [5, 5.41) is 7.69. The highest BCUT2D eigenvalue weighted by Crippen LogP contribution is 2.26. The van der Waals surface area contributed by atoms with Crippen LogP contribution in [0.3, 0.4) is 0 Å². The summed E-state index contributed by atoms with van der Waals surface area (Å²) >= 11 is 1.60. The standard InChI is InChI=1S/C31H36N10O2S/c1-20-16-33-28(26-18-32-19-43-26)37-27(20)25-15-21-17-34-31(38-29(21)41(30(25)42)14-13-40(3)44-4)36-23-7-5-22(6-8-23)35-24-9-11-39(2)12-10-24/h5-8,15-19,24,35H,9-14H2,1-4H3,(H,34,36,38). The van der Waals surface area contributed by atoms with Gasteiger partial charge in [0.15, 0.2) is 18.0 Å². The quantitative estimate of drug-likeness (QED) is 0.213. The average molecular weight is 613 g/mol. The van der Waals surface area contributed by atoms with Crippen LogP contribution in [0.1, 0.15) is 18.4 Å². The molecule has 228 valence electrons. The maximum atomic E-state index is 14.1. The van der Waals surface area contributed by atoms with Crippen molar-refractivity contribution in [3.05, 3.63) is 71.2 Å². The predicted octanol–water partition coefficient (Wildman–Crippen LogP) is 4.67. The third-order valence-corrected chi connectivity index (χ3v) is 8.69. The Morgan fingerprint density at radius 3 is 2.57 bits per heavy atom. The van der Waals surface area contributed by atoms with Crippen molar-refractivity contribution in [2.75, 3.05) is 50.6 Å². The van der Waals surface area contributed by atoms with E-state index in [0.717, 1.165) is 48.3 Å². The third kappa shape index (κ3) is 6.59. The number of rotatable bonds is 10. The minimum absolute atomic E-state index is 0.189. The number of aromatic nitrogens is 6.